The lowest BCUT2D eigenvalue weighted by Crippen LogP contribution is -2.11. The zero-order chi connectivity index (χ0) is 11.3. The molecule has 15 heavy (non-hydrogen) atoms. The highest BCUT2D eigenvalue weighted by atomic mass is 16.5. The van der Waals surface area contributed by atoms with E-state index >= 15 is 0 Å². The van der Waals surface area contributed by atoms with Crippen molar-refractivity contribution < 1.29 is 14.3 Å². The predicted octanol–water partition coefficient (Wildman–Crippen LogP) is 1.71. The maximum atomic E-state index is 11.6. The Morgan fingerprint density at radius 1 is 1.53 bits per heavy atom. The quantitative estimate of drug-likeness (QED) is 0.708. The first-order valence-corrected chi connectivity index (χ1v) is 4.81. The Hall–Kier alpha value is -1.42. The van der Waals surface area contributed by atoms with Gasteiger partial charge in [-0.1, -0.05) is 0 Å². The number of ether oxygens (including phenoxy) is 2. The minimum atomic E-state index is -0.338. The first-order chi connectivity index (χ1) is 7.20. The zero-order valence-electron chi connectivity index (χ0n) is 9.24. The first-order valence-electron chi connectivity index (χ1n) is 4.81. The van der Waals surface area contributed by atoms with Gasteiger partial charge in [-0.2, -0.15) is 0 Å². The molecule has 0 fully saturated rings. The van der Waals surface area contributed by atoms with Gasteiger partial charge in [-0.15, -0.1) is 0 Å². The molecule has 0 amide bonds. The van der Waals surface area contributed by atoms with Gasteiger partial charge in [0.15, 0.2) is 0 Å². The lowest BCUT2D eigenvalue weighted by Gasteiger charge is -2.09. The molecule has 0 aliphatic carbocycles. The van der Waals surface area contributed by atoms with Gasteiger partial charge < -0.3 is 9.47 Å². The molecule has 0 radical (unpaired) electrons. The average molecular weight is 209 g/mol. The van der Waals surface area contributed by atoms with Gasteiger partial charge in [-0.05, 0) is 25.5 Å². The molecule has 1 aromatic rings. The minimum absolute atomic E-state index is 0.338. The highest BCUT2D eigenvalue weighted by Gasteiger charge is 2.15. The Balaban J connectivity index is 3.06. The van der Waals surface area contributed by atoms with Gasteiger partial charge in [-0.25, -0.2) is 4.79 Å². The molecule has 0 aliphatic rings. The smallest absolute Gasteiger partial charge is 0.340 e. The van der Waals surface area contributed by atoms with Crippen LogP contribution < -0.4 is 0 Å². The van der Waals surface area contributed by atoms with Crippen molar-refractivity contribution in [3.63, 3.8) is 0 Å². The molecule has 1 aromatic heterocycles. The fourth-order valence-electron chi connectivity index (χ4n) is 1.38. The number of hydrogen-bond donors (Lipinski definition) is 0. The van der Waals surface area contributed by atoms with Crippen LogP contribution in [0.2, 0.25) is 0 Å². The monoisotopic (exact) mass is 209 g/mol. The third kappa shape index (κ3) is 2.76. The van der Waals surface area contributed by atoms with Crippen LogP contribution in [-0.2, 0) is 16.1 Å². The molecule has 0 saturated carbocycles. The predicted molar refractivity (Wildman–Crippen MR) is 55.6 cm³/mol. The summed E-state index contributed by atoms with van der Waals surface area (Å²) in [5, 5.41) is 0. The third-order valence-electron chi connectivity index (χ3n) is 2.01. The summed E-state index contributed by atoms with van der Waals surface area (Å²) in [6.45, 7) is 4.31. The fraction of sp³-hybridized carbons (Fsp3) is 0.455. The van der Waals surface area contributed by atoms with E-state index in [0.717, 1.165) is 5.56 Å². The molecular weight excluding hydrogens is 194 g/mol. The van der Waals surface area contributed by atoms with Crippen LogP contribution >= 0.6 is 0 Å². The summed E-state index contributed by atoms with van der Waals surface area (Å²) in [7, 11) is 1.59. The second kappa shape index (κ2) is 5.46. The second-order valence-corrected chi connectivity index (χ2v) is 3.08. The number of esters is 1. The van der Waals surface area contributed by atoms with E-state index in [2.05, 4.69) is 4.98 Å². The molecule has 0 unspecified atom stereocenters. The topological polar surface area (TPSA) is 48.4 Å². The van der Waals surface area contributed by atoms with E-state index in [4.69, 9.17) is 9.47 Å². The van der Waals surface area contributed by atoms with E-state index in [-0.39, 0.29) is 5.97 Å². The highest BCUT2D eigenvalue weighted by Crippen LogP contribution is 2.14. The molecule has 82 valence electrons. The van der Waals surface area contributed by atoms with Crippen molar-refractivity contribution in [2.24, 2.45) is 0 Å². The van der Waals surface area contributed by atoms with Crippen molar-refractivity contribution in [1.29, 1.82) is 0 Å². The number of nitrogens with zero attached hydrogens (tertiary/aromatic N) is 1. The molecule has 0 bridgehead atoms. The number of carbonyl (C=O) groups is 1. The van der Waals surface area contributed by atoms with Crippen molar-refractivity contribution in [3.8, 4) is 0 Å². The minimum Gasteiger partial charge on any atom is -0.462 e. The van der Waals surface area contributed by atoms with Gasteiger partial charge in [-0.3, -0.25) is 4.98 Å². The molecule has 0 spiro atoms. The summed E-state index contributed by atoms with van der Waals surface area (Å²) in [5.41, 5.74) is 1.99. The van der Waals surface area contributed by atoms with Crippen LogP contribution in [0.4, 0.5) is 0 Å². The van der Waals surface area contributed by atoms with E-state index in [1.54, 1.807) is 33.2 Å². The molecule has 0 saturated heterocycles. The van der Waals surface area contributed by atoms with Crippen molar-refractivity contribution in [2.75, 3.05) is 13.7 Å². The van der Waals surface area contributed by atoms with Crippen LogP contribution in [-0.4, -0.2) is 24.7 Å². The van der Waals surface area contributed by atoms with Crippen LogP contribution in [0, 0.1) is 6.92 Å². The first kappa shape index (κ1) is 11.7. The SMILES string of the molecule is CCOC(=O)c1c(COC)ccnc1C. The highest BCUT2D eigenvalue weighted by molar-refractivity contribution is 5.92. The molecule has 1 heterocycles. The van der Waals surface area contributed by atoms with Crippen LogP contribution in [0.25, 0.3) is 0 Å². The number of aromatic nitrogens is 1. The summed E-state index contributed by atoms with van der Waals surface area (Å²) in [5.74, 6) is -0.338. The summed E-state index contributed by atoms with van der Waals surface area (Å²) in [6.07, 6.45) is 1.66. The fourth-order valence-corrected chi connectivity index (χ4v) is 1.38. The molecule has 0 aromatic carbocycles. The molecule has 0 N–H and O–H groups in total. The van der Waals surface area contributed by atoms with E-state index < -0.39 is 0 Å². The zero-order valence-corrected chi connectivity index (χ0v) is 9.24. The second-order valence-electron chi connectivity index (χ2n) is 3.08. The van der Waals surface area contributed by atoms with Gasteiger partial charge in [0, 0.05) is 13.3 Å². The lowest BCUT2D eigenvalue weighted by atomic mass is 10.1. The molecule has 4 nitrogen and oxygen atoms in total. The Kier molecular flexibility index (Phi) is 4.24. The maximum absolute atomic E-state index is 11.6. The Bertz CT molecular complexity index is 350. The number of aryl methyl sites for hydroxylation is 1. The van der Waals surface area contributed by atoms with E-state index in [9.17, 15) is 4.79 Å². The van der Waals surface area contributed by atoms with Crippen LogP contribution in [0.3, 0.4) is 0 Å². The lowest BCUT2D eigenvalue weighted by molar-refractivity contribution is 0.0520. The van der Waals surface area contributed by atoms with E-state index in [1.165, 1.54) is 0 Å². The number of hydrogen-bond acceptors (Lipinski definition) is 4. The molecule has 4 heteroatoms. The van der Waals surface area contributed by atoms with Gasteiger partial charge in [0.2, 0.25) is 0 Å². The number of rotatable bonds is 4. The molecular formula is C11H15NO3. The summed E-state index contributed by atoms with van der Waals surface area (Å²) in [6, 6.07) is 1.77. The van der Waals surface area contributed by atoms with Crippen molar-refractivity contribution in [1.82, 2.24) is 4.98 Å². The van der Waals surface area contributed by atoms with Crippen LogP contribution in [0.5, 0.6) is 0 Å². The maximum Gasteiger partial charge on any atom is 0.340 e. The summed E-state index contributed by atoms with van der Waals surface area (Å²) >= 11 is 0. The normalized spacial score (nSPS) is 10.1. The number of pyridine rings is 1. The standard InChI is InChI=1S/C11H15NO3/c1-4-15-11(13)10-8(2)12-6-5-9(10)7-14-3/h5-6H,4,7H2,1-3H3. The van der Waals surface area contributed by atoms with Crippen molar-refractivity contribution in [3.05, 3.63) is 29.1 Å². The number of carbonyl (C=O) groups excluding carboxylic acids is 1. The van der Waals surface area contributed by atoms with Gasteiger partial charge >= 0.3 is 5.97 Å². The number of methoxy groups -OCH3 is 1. The average Bonchev–Trinajstić information content (AvgIpc) is 2.18. The molecule has 1 rings (SSSR count). The molecule has 0 atom stereocenters. The van der Waals surface area contributed by atoms with Gasteiger partial charge in [0.25, 0.3) is 0 Å². The molecule has 0 aliphatic heterocycles. The Morgan fingerprint density at radius 2 is 2.27 bits per heavy atom. The third-order valence-corrected chi connectivity index (χ3v) is 2.01. The Morgan fingerprint density at radius 3 is 2.87 bits per heavy atom. The van der Waals surface area contributed by atoms with Gasteiger partial charge in [0.05, 0.1) is 24.5 Å². The van der Waals surface area contributed by atoms with Crippen molar-refractivity contribution >= 4 is 5.97 Å². The Labute approximate surface area is 89.2 Å². The summed E-state index contributed by atoms with van der Waals surface area (Å²) < 4.78 is 9.98. The van der Waals surface area contributed by atoms with Gasteiger partial charge in [0.1, 0.15) is 0 Å². The van der Waals surface area contributed by atoms with E-state index in [1.807, 2.05) is 0 Å². The van der Waals surface area contributed by atoms with Crippen LogP contribution in [0.1, 0.15) is 28.5 Å². The van der Waals surface area contributed by atoms with E-state index in [0.29, 0.717) is 24.5 Å². The van der Waals surface area contributed by atoms with Crippen LogP contribution in [0.15, 0.2) is 12.3 Å². The summed E-state index contributed by atoms with van der Waals surface area (Å²) in [4.78, 5) is 15.7. The van der Waals surface area contributed by atoms with Crippen molar-refractivity contribution in [2.45, 2.75) is 20.5 Å². The largest absolute Gasteiger partial charge is 0.462 e.